The summed E-state index contributed by atoms with van der Waals surface area (Å²) in [6.07, 6.45) is 2.04. The van der Waals surface area contributed by atoms with Crippen molar-refractivity contribution in [2.24, 2.45) is 0 Å². The summed E-state index contributed by atoms with van der Waals surface area (Å²) in [6, 6.07) is 9.31. The van der Waals surface area contributed by atoms with E-state index in [4.69, 9.17) is 4.42 Å². The van der Waals surface area contributed by atoms with Crippen LogP contribution < -0.4 is 5.32 Å². The van der Waals surface area contributed by atoms with Crippen molar-refractivity contribution in [2.75, 3.05) is 31.5 Å². The first-order valence-corrected chi connectivity index (χ1v) is 8.16. The van der Waals surface area contributed by atoms with Crippen LogP contribution in [0.5, 0.6) is 0 Å². The second-order valence-corrected chi connectivity index (χ2v) is 6.24. The molecule has 124 valence electrons. The van der Waals surface area contributed by atoms with Gasteiger partial charge in [0.05, 0.1) is 19.2 Å². The zero-order chi connectivity index (χ0) is 16.5. The lowest BCUT2D eigenvalue weighted by Gasteiger charge is -2.34. The summed E-state index contributed by atoms with van der Waals surface area (Å²) in [7, 11) is 0. The molecule has 3 heterocycles. The molecule has 0 radical (unpaired) electrons. The van der Waals surface area contributed by atoms with Crippen molar-refractivity contribution >= 4 is 17.5 Å². The smallest absolute Gasteiger partial charge is 0.253 e. The monoisotopic (exact) mass is 325 g/mol. The number of hydrogen-bond donors (Lipinski definition) is 1. The highest BCUT2D eigenvalue weighted by molar-refractivity contribution is 6.01. The number of piperazine rings is 1. The number of benzene rings is 1. The zero-order valence-corrected chi connectivity index (χ0v) is 13.3. The molecule has 2 aliphatic rings. The number of furan rings is 1. The Kier molecular flexibility index (Phi) is 3.82. The number of carbonyl (C=O) groups excluding carboxylic acids is 2. The fourth-order valence-electron chi connectivity index (χ4n) is 3.28. The predicted molar refractivity (Wildman–Crippen MR) is 88.7 cm³/mol. The molecule has 4 rings (SSSR count). The molecule has 1 aromatic carbocycles. The van der Waals surface area contributed by atoms with Crippen molar-refractivity contribution in [1.29, 1.82) is 0 Å². The van der Waals surface area contributed by atoms with Gasteiger partial charge in [0.2, 0.25) is 5.91 Å². The number of amides is 2. The highest BCUT2D eigenvalue weighted by Crippen LogP contribution is 2.24. The van der Waals surface area contributed by atoms with Crippen LogP contribution in [0.3, 0.4) is 0 Å². The van der Waals surface area contributed by atoms with Crippen LogP contribution in [0.4, 0.5) is 5.69 Å². The lowest BCUT2D eigenvalue weighted by molar-refractivity contribution is -0.115. The second kappa shape index (κ2) is 6.13. The maximum atomic E-state index is 12.7. The van der Waals surface area contributed by atoms with E-state index < -0.39 is 0 Å². The highest BCUT2D eigenvalue weighted by Gasteiger charge is 2.24. The van der Waals surface area contributed by atoms with E-state index in [1.165, 1.54) is 0 Å². The molecule has 6 nitrogen and oxygen atoms in total. The number of carbonyl (C=O) groups is 2. The van der Waals surface area contributed by atoms with Gasteiger partial charge in [-0.1, -0.05) is 0 Å². The van der Waals surface area contributed by atoms with Crippen molar-refractivity contribution in [1.82, 2.24) is 9.80 Å². The molecule has 0 atom stereocenters. The Morgan fingerprint density at radius 3 is 2.75 bits per heavy atom. The summed E-state index contributed by atoms with van der Waals surface area (Å²) in [5.41, 5.74) is 2.38. The predicted octanol–water partition coefficient (Wildman–Crippen LogP) is 1.73. The van der Waals surface area contributed by atoms with E-state index in [9.17, 15) is 9.59 Å². The van der Waals surface area contributed by atoms with Crippen LogP contribution in [0.2, 0.25) is 0 Å². The molecule has 0 aliphatic carbocycles. The molecule has 1 N–H and O–H groups in total. The third-order valence-corrected chi connectivity index (χ3v) is 4.60. The molecule has 1 fully saturated rings. The Morgan fingerprint density at radius 1 is 1.17 bits per heavy atom. The molecular weight excluding hydrogens is 306 g/mol. The molecule has 0 spiro atoms. The van der Waals surface area contributed by atoms with E-state index in [0.29, 0.717) is 25.1 Å². The second-order valence-electron chi connectivity index (χ2n) is 6.24. The van der Waals surface area contributed by atoms with Gasteiger partial charge in [0.15, 0.2) is 0 Å². The highest BCUT2D eigenvalue weighted by atomic mass is 16.3. The molecule has 0 saturated carbocycles. The number of hydrogen-bond acceptors (Lipinski definition) is 4. The number of anilines is 1. The quantitative estimate of drug-likeness (QED) is 0.933. The normalized spacial score (nSPS) is 17.7. The summed E-state index contributed by atoms with van der Waals surface area (Å²) in [5.74, 6) is 0.974. The van der Waals surface area contributed by atoms with Crippen LogP contribution in [0.25, 0.3) is 0 Å². The number of nitrogens with zero attached hydrogens (tertiary/aromatic N) is 2. The fourth-order valence-corrected chi connectivity index (χ4v) is 3.28. The standard InChI is InChI=1S/C18H19N3O3/c22-17-11-14-10-13(3-4-16(14)19-17)18(23)21-7-5-20(6-8-21)12-15-2-1-9-24-15/h1-4,9-10H,5-8,11-12H2,(H,19,22). The van der Waals surface area contributed by atoms with E-state index in [0.717, 1.165) is 36.6 Å². The van der Waals surface area contributed by atoms with Crippen LogP contribution >= 0.6 is 0 Å². The summed E-state index contributed by atoms with van der Waals surface area (Å²) in [5, 5.41) is 2.79. The topological polar surface area (TPSA) is 65.8 Å². The Hall–Kier alpha value is -2.60. The van der Waals surface area contributed by atoms with Crippen LogP contribution in [0.1, 0.15) is 21.7 Å². The summed E-state index contributed by atoms with van der Waals surface area (Å²) in [6.45, 7) is 3.85. The molecule has 1 aromatic heterocycles. The molecule has 2 amide bonds. The van der Waals surface area contributed by atoms with Crippen LogP contribution in [0.15, 0.2) is 41.0 Å². The van der Waals surface area contributed by atoms with E-state index in [1.807, 2.05) is 29.2 Å². The van der Waals surface area contributed by atoms with Crippen molar-refractivity contribution < 1.29 is 14.0 Å². The Labute approximate surface area is 140 Å². The SMILES string of the molecule is O=C1Cc2cc(C(=O)N3CCN(Cc4ccco4)CC3)ccc2N1. The van der Waals surface area contributed by atoms with Gasteiger partial charge in [0.1, 0.15) is 5.76 Å². The molecule has 1 saturated heterocycles. The third-order valence-electron chi connectivity index (χ3n) is 4.60. The Morgan fingerprint density at radius 2 is 2.00 bits per heavy atom. The van der Waals surface area contributed by atoms with Gasteiger partial charge < -0.3 is 14.6 Å². The average molecular weight is 325 g/mol. The number of rotatable bonds is 3. The molecular formula is C18H19N3O3. The maximum Gasteiger partial charge on any atom is 0.253 e. The molecule has 24 heavy (non-hydrogen) atoms. The van der Waals surface area contributed by atoms with Gasteiger partial charge in [-0.15, -0.1) is 0 Å². The van der Waals surface area contributed by atoms with Crippen LogP contribution in [0, 0.1) is 0 Å². The average Bonchev–Trinajstić information content (AvgIpc) is 3.22. The van der Waals surface area contributed by atoms with Gasteiger partial charge in [-0.3, -0.25) is 14.5 Å². The van der Waals surface area contributed by atoms with Crippen molar-refractivity contribution in [3.63, 3.8) is 0 Å². The van der Waals surface area contributed by atoms with Gasteiger partial charge in [-0.2, -0.15) is 0 Å². The van der Waals surface area contributed by atoms with Gasteiger partial charge >= 0.3 is 0 Å². The first-order chi connectivity index (χ1) is 11.7. The van der Waals surface area contributed by atoms with E-state index in [-0.39, 0.29) is 11.8 Å². The Bertz CT molecular complexity index is 762. The first-order valence-electron chi connectivity index (χ1n) is 8.16. The Balaban J connectivity index is 1.38. The van der Waals surface area contributed by atoms with E-state index >= 15 is 0 Å². The summed E-state index contributed by atoms with van der Waals surface area (Å²) >= 11 is 0. The third kappa shape index (κ3) is 2.92. The zero-order valence-electron chi connectivity index (χ0n) is 13.3. The lowest BCUT2D eigenvalue weighted by Crippen LogP contribution is -2.48. The van der Waals surface area contributed by atoms with E-state index in [1.54, 1.807) is 12.3 Å². The molecule has 0 bridgehead atoms. The first kappa shape index (κ1) is 15.0. The minimum atomic E-state index is -0.0128. The van der Waals surface area contributed by atoms with Gasteiger partial charge in [0, 0.05) is 37.4 Å². The molecule has 2 aromatic rings. The maximum absolute atomic E-state index is 12.7. The summed E-state index contributed by atoms with van der Waals surface area (Å²) < 4.78 is 5.38. The van der Waals surface area contributed by atoms with Crippen LogP contribution in [-0.4, -0.2) is 47.8 Å². The van der Waals surface area contributed by atoms with Crippen molar-refractivity contribution in [3.8, 4) is 0 Å². The minimum absolute atomic E-state index is 0.0128. The van der Waals surface area contributed by atoms with Gasteiger partial charge in [-0.25, -0.2) is 0 Å². The van der Waals surface area contributed by atoms with Gasteiger partial charge in [0.25, 0.3) is 5.91 Å². The van der Waals surface area contributed by atoms with Crippen molar-refractivity contribution in [3.05, 3.63) is 53.5 Å². The van der Waals surface area contributed by atoms with Crippen molar-refractivity contribution in [2.45, 2.75) is 13.0 Å². The van der Waals surface area contributed by atoms with Crippen LogP contribution in [-0.2, 0) is 17.8 Å². The summed E-state index contributed by atoms with van der Waals surface area (Å²) in [4.78, 5) is 28.3. The number of fused-ring (bicyclic) bond motifs is 1. The largest absolute Gasteiger partial charge is 0.468 e. The van der Waals surface area contributed by atoms with Gasteiger partial charge in [-0.05, 0) is 35.9 Å². The molecule has 2 aliphatic heterocycles. The number of nitrogens with one attached hydrogen (secondary N) is 1. The fraction of sp³-hybridized carbons (Fsp3) is 0.333. The van der Waals surface area contributed by atoms with E-state index in [2.05, 4.69) is 10.2 Å². The molecule has 6 heteroatoms. The molecule has 0 unspecified atom stereocenters. The minimum Gasteiger partial charge on any atom is -0.468 e. The lowest BCUT2D eigenvalue weighted by atomic mass is 10.1.